The van der Waals surface area contributed by atoms with Crippen LogP contribution in [-0.4, -0.2) is 31.2 Å². The van der Waals surface area contributed by atoms with Crippen molar-refractivity contribution in [2.24, 2.45) is 5.73 Å². The maximum atomic E-state index is 11.4. The van der Waals surface area contributed by atoms with Crippen molar-refractivity contribution in [1.82, 2.24) is 5.32 Å². The summed E-state index contributed by atoms with van der Waals surface area (Å²) < 4.78 is 5.16. The average Bonchev–Trinajstić information content (AvgIpc) is 2.28. The molecule has 0 aromatic carbocycles. The molecule has 1 fully saturated rings. The van der Waals surface area contributed by atoms with Crippen LogP contribution in [-0.2, 0) is 9.53 Å². The molecule has 3 N–H and O–H groups in total. The van der Waals surface area contributed by atoms with Gasteiger partial charge in [-0.3, -0.25) is 4.79 Å². The number of nitrogens with two attached hydrogens (primary N) is 1. The predicted molar refractivity (Wildman–Crippen MR) is 71.4 cm³/mol. The smallest absolute Gasteiger partial charge is 0.246 e. The van der Waals surface area contributed by atoms with Gasteiger partial charge in [0.05, 0.1) is 0 Å². The molecule has 1 saturated carbocycles. The third kappa shape index (κ3) is 6.86. The molecule has 0 bridgehead atoms. The zero-order valence-electron chi connectivity index (χ0n) is 10.7. The number of carbonyl (C=O) groups excluding carboxylic acids is 1. The minimum Gasteiger partial charge on any atom is -0.372 e. The van der Waals surface area contributed by atoms with Gasteiger partial charge in [-0.25, -0.2) is 0 Å². The number of nitrogens with one attached hydrogen (secondary N) is 1. The summed E-state index contributed by atoms with van der Waals surface area (Å²) in [6, 6.07) is 0. The lowest BCUT2D eigenvalue weighted by Crippen LogP contribution is -2.51. The van der Waals surface area contributed by atoms with Gasteiger partial charge in [-0.15, -0.1) is 12.4 Å². The van der Waals surface area contributed by atoms with Crippen molar-refractivity contribution in [1.29, 1.82) is 0 Å². The first-order valence-corrected chi connectivity index (χ1v) is 6.30. The minimum atomic E-state index is -0.182. The van der Waals surface area contributed by atoms with Crippen LogP contribution >= 0.6 is 12.4 Å². The molecule has 0 saturated heterocycles. The van der Waals surface area contributed by atoms with Crippen LogP contribution < -0.4 is 11.1 Å². The Morgan fingerprint density at radius 1 is 1.35 bits per heavy atom. The standard InChI is InChI=1S/C12H24N2O2.ClH/c1-2-8-16-9-11(15)14-10-12(13)6-4-3-5-7-12;/h2-10,13H2,1H3,(H,14,15);1H. The van der Waals surface area contributed by atoms with Gasteiger partial charge in [0.1, 0.15) is 6.61 Å². The number of hydrogen-bond acceptors (Lipinski definition) is 3. The number of halogens is 1. The Morgan fingerprint density at radius 3 is 2.59 bits per heavy atom. The number of ether oxygens (including phenoxy) is 1. The molecule has 4 nitrogen and oxygen atoms in total. The highest BCUT2D eigenvalue weighted by Crippen LogP contribution is 2.24. The Hall–Kier alpha value is -0.320. The maximum absolute atomic E-state index is 11.4. The van der Waals surface area contributed by atoms with Crippen LogP contribution in [0.1, 0.15) is 45.4 Å². The van der Waals surface area contributed by atoms with Crippen molar-refractivity contribution in [3.05, 3.63) is 0 Å². The quantitative estimate of drug-likeness (QED) is 0.717. The first-order chi connectivity index (χ1) is 7.66. The van der Waals surface area contributed by atoms with Crippen molar-refractivity contribution < 1.29 is 9.53 Å². The van der Waals surface area contributed by atoms with Gasteiger partial charge in [-0.2, -0.15) is 0 Å². The van der Waals surface area contributed by atoms with Crippen LogP contribution in [0.2, 0.25) is 0 Å². The average molecular weight is 265 g/mol. The number of hydrogen-bond donors (Lipinski definition) is 2. The van der Waals surface area contributed by atoms with Crippen LogP contribution in [0, 0.1) is 0 Å². The Bertz CT molecular complexity index is 219. The zero-order chi connectivity index (χ0) is 11.9. The highest BCUT2D eigenvalue weighted by Gasteiger charge is 2.27. The van der Waals surface area contributed by atoms with E-state index < -0.39 is 0 Å². The molecule has 5 heteroatoms. The van der Waals surface area contributed by atoms with E-state index in [0.29, 0.717) is 13.2 Å². The van der Waals surface area contributed by atoms with Crippen molar-refractivity contribution >= 4 is 18.3 Å². The van der Waals surface area contributed by atoms with Crippen molar-refractivity contribution in [2.45, 2.75) is 51.0 Å². The first kappa shape index (κ1) is 16.7. The Kier molecular flexibility index (Phi) is 8.56. The summed E-state index contributed by atoms with van der Waals surface area (Å²) in [6.45, 7) is 3.40. The van der Waals surface area contributed by atoms with E-state index in [-0.39, 0.29) is 30.5 Å². The lowest BCUT2D eigenvalue weighted by molar-refractivity contribution is -0.126. The fraction of sp³-hybridized carbons (Fsp3) is 0.917. The van der Waals surface area contributed by atoms with Crippen molar-refractivity contribution in [3.63, 3.8) is 0 Å². The fourth-order valence-electron chi connectivity index (χ4n) is 2.07. The van der Waals surface area contributed by atoms with Gasteiger partial charge in [0, 0.05) is 18.7 Å². The molecule has 1 rings (SSSR count). The summed E-state index contributed by atoms with van der Waals surface area (Å²) in [5.74, 6) is -0.0520. The van der Waals surface area contributed by atoms with E-state index in [1.165, 1.54) is 19.3 Å². The van der Waals surface area contributed by atoms with Gasteiger partial charge in [0.15, 0.2) is 0 Å². The lowest BCUT2D eigenvalue weighted by Gasteiger charge is -2.33. The number of rotatable bonds is 6. The van der Waals surface area contributed by atoms with Crippen molar-refractivity contribution in [3.8, 4) is 0 Å². The summed E-state index contributed by atoms with van der Waals surface area (Å²) in [4.78, 5) is 11.4. The molecule has 0 aromatic rings. The highest BCUT2D eigenvalue weighted by molar-refractivity contribution is 5.85. The maximum Gasteiger partial charge on any atom is 0.246 e. The molecule has 0 spiro atoms. The molecular weight excluding hydrogens is 240 g/mol. The molecule has 0 aliphatic heterocycles. The molecule has 0 heterocycles. The van der Waals surface area contributed by atoms with Crippen LogP contribution in [0.25, 0.3) is 0 Å². The summed E-state index contributed by atoms with van der Waals surface area (Å²) in [5, 5.41) is 2.86. The van der Waals surface area contributed by atoms with E-state index in [9.17, 15) is 4.79 Å². The second kappa shape index (κ2) is 8.72. The molecule has 1 aliphatic carbocycles. The summed E-state index contributed by atoms with van der Waals surface area (Å²) in [6.07, 6.45) is 6.60. The number of amides is 1. The minimum absolute atomic E-state index is 0. The summed E-state index contributed by atoms with van der Waals surface area (Å²) in [7, 11) is 0. The third-order valence-electron chi connectivity index (χ3n) is 3.07. The Morgan fingerprint density at radius 2 is 2.00 bits per heavy atom. The molecule has 102 valence electrons. The highest BCUT2D eigenvalue weighted by atomic mass is 35.5. The molecular formula is C12H25ClN2O2. The van der Waals surface area contributed by atoms with Crippen molar-refractivity contribution in [2.75, 3.05) is 19.8 Å². The lowest BCUT2D eigenvalue weighted by atomic mass is 9.82. The second-order valence-electron chi connectivity index (χ2n) is 4.75. The van der Waals surface area contributed by atoms with Gasteiger partial charge in [-0.1, -0.05) is 26.2 Å². The largest absolute Gasteiger partial charge is 0.372 e. The van der Waals surface area contributed by atoms with Gasteiger partial charge in [0.2, 0.25) is 5.91 Å². The molecule has 0 atom stereocenters. The molecule has 0 radical (unpaired) electrons. The molecule has 1 aliphatic rings. The van der Waals surface area contributed by atoms with Gasteiger partial charge in [-0.05, 0) is 19.3 Å². The van der Waals surface area contributed by atoms with E-state index in [0.717, 1.165) is 19.3 Å². The number of carbonyl (C=O) groups is 1. The third-order valence-corrected chi connectivity index (χ3v) is 3.07. The topological polar surface area (TPSA) is 64.3 Å². The van der Waals surface area contributed by atoms with Gasteiger partial charge >= 0.3 is 0 Å². The van der Waals surface area contributed by atoms with Crippen LogP contribution in [0.5, 0.6) is 0 Å². The molecule has 0 aromatic heterocycles. The van der Waals surface area contributed by atoms with Gasteiger partial charge < -0.3 is 15.8 Å². The van der Waals surface area contributed by atoms with Gasteiger partial charge in [0.25, 0.3) is 0 Å². The van der Waals surface area contributed by atoms with E-state index in [1.807, 2.05) is 6.92 Å². The monoisotopic (exact) mass is 264 g/mol. The molecule has 0 unspecified atom stereocenters. The van der Waals surface area contributed by atoms with E-state index >= 15 is 0 Å². The zero-order valence-corrected chi connectivity index (χ0v) is 11.5. The summed E-state index contributed by atoms with van der Waals surface area (Å²) in [5.41, 5.74) is 6.02. The molecule has 17 heavy (non-hydrogen) atoms. The Labute approximate surface area is 110 Å². The fourth-order valence-corrected chi connectivity index (χ4v) is 2.07. The predicted octanol–water partition coefficient (Wildman–Crippen LogP) is 1.61. The van der Waals surface area contributed by atoms with Crippen LogP contribution in [0.15, 0.2) is 0 Å². The van der Waals surface area contributed by atoms with E-state index in [4.69, 9.17) is 10.5 Å². The van der Waals surface area contributed by atoms with E-state index in [2.05, 4.69) is 5.32 Å². The summed E-state index contributed by atoms with van der Waals surface area (Å²) >= 11 is 0. The van der Waals surface area contributed by atoms with Crippen LogP contribution in [0.3, 0.4) is 0 Å². The normalized spacial score (nSPS) is 18.2. The second-order valence-corrected chi connectivity index (χ2v) is 4.75. The Balaban J connectivity index is 0.00000256. The SMILES string of the molecule is CCCOCC(=O)NCC1(N)CCCCC1.Cl. The first-order valence-electron chi connectivity index (χ1n) is 6.30. The molecule has 1 amide bonds. The van der Waals surface area contributed by atoms with E-state index in [1.54, 1.807) is 0 Å². The van der Waals surface area contributed by atoms with Crippen LogP contribution in [0.4, 0.5) is 0 Å².